The summed E-state index contributed by atoms with van der Waals surface area (Å²) in [6.45, 7) is 12.6. The predicted octanol–water partition coefficient (Wildman–Crippen LogP) is 6.65. The van der Waals surface area contributed by atoms with Crippen molar-refractivity contribution >= 4 is 5.78 Å². The Hall–Kier alpha value is -2.15. The molecule has 1 aromatic rings. The zero-order chi connectivity index (χ0) is 26.2. The van der Waals surface area contributed by atoms with Crippen molar-refractivity contribution in [2.24, 2.45) is 22.7 Å². The van der Waals surface area contributed by atoms with Gasteiger partial charge in [-0.2, -0.15) is 0 Å². The predicted molar refractivity (Wildman–Crippen MR) is 147 cm³/mol. The first-order valence-corrected chi connectivity index (χ1v) is 14.3. The molecule has 1 saturated heterocycles. The van der Waals surface area contributed by atoms with E-state index in [1.165, 1.54) is 22.3 Å². The van der Waals surface area contributed by atoms with Crippen molar-refractivity contribution in [3.8, 4) is 11.8 Å². The summed E-state index contributed by atoms with van der Waals surface area (Å²) in [5.74, 6) is 8.24. The molecule has 0 aromatic heterocycles. The molecule has 3 fully saturated rings. The summed E-state index contributed by atoms with van der Waals surface area (Å²) in [6, 6.07) is 9.27. The highest BCUT2D eigenvalue weighted by atomic mass is 16.5. The Kier molecular flexibility index (Phi) is 5.73. The topological polar surface area (TPSA) is 46.5 Å². The summed E-state index contributed by atoms with van der Waals surface area (Å²) in [5.41, 5.74) is 5.76. The first kappa shape index (κ1) is 25.1. The van der Waals surface area contributed by atoms with Crippen molar-refractivity contribution in [3.63, 3.8) is 0 Å². The number of carbonyl (C=O) groups is 1. The van der Waals surface area contributed by atoms with E-state index in [0.29, 0.717) is 18.3 Å². The molecule has 0 unspecified atom stereocenters. The Morgan fingerprint density at radius 2 is 1.76 bits per heavy atom. The van der Waals surface area contributed by atoms with Crippen molar-refractivity contribution < 1.29 is 14.6 Å². The number of hydrogen-bond acceptors (Lipinski definition) is 3. The van der Waals surface area contributed by atoms with Crippen molar-refractivity contribution in [1.82, 2.24) is 0 Å². The lowest BCUT2D eigenvalue weighted by molar-refractivity contribution is -0.114. The van der Waals surface area contributed by atoms with Crippen LogP contribution in [-0.4, -0.2) is 29.7 Å². The van der Waals surface area contributed by atoms with Crippen LogP contribution in [-0.2, 0) is 14.9 Å². The largest absolute Gasteiger partial charge is 0.379 e. The van der Waals surface area contributed by atoms with Gasteiger partial charge in [-0.1, -0.05) is 55.5 Å². The van der Waals surface area contributed by atoms with Crippen LogP contribution in [0.5, 0.6) is 0 Å². The number of benzene rings is 1. The molecule has 1 aliphatic heterocycles. The van der Waals surface area contributed by atoms with Crippen LogP contribution in [0.4, 0.5) is 0 Å². The van der Waals surface area contributed by atoms with Crippen LogP contribution in [0.1, 0.15) is 96.6 Å². The van der Waals surface area contributed by atoms with E-state index in [0.717, 1.165) is 51.7 Å². The average molecular weight is 499 g/mol. The molecule has 5 atom stereocenters. The van der Waals surface area contributed by atoms with Crippen LogP contribution in [0.25, 0.3) is 0 Å². The number of carbonyl (C=O) groups excluding carboxylic acids is 1. The number of rotatable bonds is 2. The van der Waals surface area contributed by atoms with E-state index < -0.39 is 5.60 Å². The number of allylic oxidation sites excluding steroid dienone is 4. The minimum absolute atomic E-state index is 0.116. The molecular formula is C34H42O3. The molecule has 5 aliphatic rings. The highest BCUT2D eigenvalue weighted by Crippen LogP contribution is 2.66. The maximum absolute atomic E-state index is 12.3. The molecule has 2 saturated carbocycles. The second-order valence-corrected chi connectivity index (χ2v) is 14.1. The molecule has 0 bridgehead atoms. The second-order valence-electron chi connectivity index (χ2n) is 14.1. The van der Waals surface area contributed by atoms with E-state index in [-0.39, 0.29) is 27.9 Å². The summed E-state index contributed by atoms with van der Waals surface area (Å²) >= 11 is 0. The summed E-state index contributed by atoms with van der Waals surface area (Å²) in [5, 5.41) is 12.2. The Morgan fingerprint density at radius 1 is 1.03 bits per heavy atom. The molecule has 37 heavy (non-hydrogen) atoms. The summed E-state index contributed by atoms with van der Waals surface area (Å²) in [6.07, 6.45) is 8.18. The average Bonchev–Trinajstić information content (AvgIpc) is 3.11. The normalized spacial score (nSPS) is 36.4. The van der Waals surface area contributed by atoms with Crippen molar-refractivity contribution in [1.29, 1.82) is 0 Å². The monoisotopic (exact) mass is 498 g/mol. The van der Waals surface area contributed by atoms with Crippen LogP contribution in [0.2, 0.25) is 0 Å². The third-order valence-electron chi connectivity index (χ3n) is 10.4. The third-order valence-corrected chi connectivity index (χ3v) is 10.4. The molecule has 0 radical (unpaired) electrons. The van der Waals surface area contributed by atoms with Crippen molar-refractivity contribution in [2.45, 2.75) is 96.5 Å². The van der Waals surface area contributed by atoms with Crippen LogP contribution in [0.15, 0.2) is 47.1 Å². The van der Waals surface area contributed by atoms with Gasteiger partial charge in [0.25, 0.3) is 0 Å². The van der Waals surface area contributed by atoms with Gasteiger partial charge >= 0.3 is 0 Å². The lowest BCUT2D eigenvalue weighted by atomic mass is 9.51. The van der Waals surface area contributed by atoms with Gasteiger partial charge in [0.15, 0.2) is 5.78 Å². The molecule has 3 heteroatoms. The highest BCUT2D eigenvalue weighted by molar-refractivity contribution is 5.93. The molecule has 6 rings (SSSR count). The molecule has 1 aromatic carbocycles. The van der Waals surface area contributed by atoms with Gasteiger partial charge in [-0.3, -0.25) is 4.79 Å². The van der Waals surface area contributed by atoms with Crippen molar-refractivity contribution in [3.05, 3.63) is 58.2 Å². The Morgan fingerprint density at radius 3 is 2.41 bits per heavy atom. The van der Waals surface area contributed by atoms with E-state index in [4.69, 9.17) is 4.74 Å². The van der Waals surface area contributed by atoms with E-state index in [2.05, 4.69) is 70.7 Å². The minimum Gasteiger partial charge on any atom is -0.379 e. The molecule has 0 spiro atoms. The lowest BCUT2D eigenvalue weighted by Crippen LogP contribution is -2.51. The zero-order valence-electron chi connectivity index (χ0n) is 23.2. The van der Waals surface area contributed by atoms with Gasteiger partial charge in [0.1, 0.15) is 5.60 Å². The van der Waals surface area contributed by atoms with Gasteiger partial charge in [0.05, 0.1) is 13.2 Å². The zero-order valence-corrected chi connectivity index (χ0v) is 23.2. The maximum atomic E-state index is 12.3. The van der Waals surface area contributed by atoms with Gasteiger partial charge in [0, 0.05) is 28.6 Å². The fourth-order valence-corrected chi connectivity index (χ4v) is 8.15. The fourth-order valence-electron chi connectivity index (χ4n) is 8.15. The number of aliphatic hydroxyl groups is 1. The molecule has 1 N–H and O–H groups in total. The molecule has 0 amide bonds. The van der Waals surface area contributed by atoms with Crippen LogP contribution >= 0.6 is 0 Å². The van der Waals surface area contributed by atoms with E-state index in [1.807, 2.05) is 6.08 Å². The van der Waals surface area contributed by atoms with E-state index in [1.54, 1.807) is 5.57 Å². The number of fused-ring (bicyclic) bond motifs is 4. The van der Waals surface area contributed by atoms with Gasteiger partial charge < -0.3 is 9.84 Å². The standard InChI is InChI=1S/C34H42O3/c1-31(2,3)16-17-34(36)15-14-29-27-12-8-23-18-25(35)11-13-26(23)30(27)28(19-33(29,34)5)22-6-9-24(10-7-22)32(4)20-37-21-32/h6-7,9-10,18,27-29,36H,8,11-15,19-21H2,1-5H3/t27-,28+,29-,33-,34+/m0/s1. The number of hydrogen-bond donors (Lipinski definition) is 1. The Balaban J connectivity index is 1.46. The number of ether oxygens (including phenoxy) is 1. The summed E-state index contributed by atoms with van der Waals surface area (Å²) in [7, 11) is 0. The van der Waals surface area contributed by atoms with E-state index >= 15 is 0 Å². The molecule has 4 aliphatic carbocycles. The molecule has 3 nitrogen and oxygen atoms in total. The Bertz CT molecular complexity index is 1240. The summed E-state index contributed by atoms with van der Waals surface area (Å²) in [4.78, 5) is 12.3. The van der Waals surface area contributed by atoms with E-state index in [9.17, 15) is 9.90 Å². The van der Waals surface area contributed by atoms with Gasteiger partial charge in [-0.25, -0.2) is 0 Å². The Labute approximate surface area is 222 Å². The van der Waals surface area contributed by atoms with Gasteiger partial charge in [-0.15, -0.1) is 0 Å². The molecular weight excluding hydrogens is 456 g/mol. The summed E-state index contributed by atoms with van der Waals surface area (Å²) < 4.78 is 5.53. The minimum atomic E-state index is -0.964. The fraction of sp³-hybridized carbons (Fsp3) is 0.618. The van der Waals surface area contributed by atoms with Gasteiger partial charge in [0.2, 0.25) is 0 Å². The second kappa shape index (κ2) is 8.42. The maximum Gasteiger partial charge on any atom is 0.156 e. The smallest absolute Gasteiger partial charge is 0.156 e. The first-order valence-electron chi connectivity index (χ1n) is 14.3. The lowest BCUT2D eigenvalue weighted by Gasteiger charge is -2.53. The van der Waals surface area contributed by atoms with Crippen LogP contribution < -0.4 is 0 Å². The van der Waals surface area contributed by atoms with Gasteiger partial charge in [-0.05, 0) is 99.5 Å². The highest BCUT2D eigenvalue weighted by Gasteiger charge is 2.62. The molecule has 196 valence electrons. The molecule has 1 heterocycles. The first-order chi connectivity index (χ1) is 17.4. The van der Waals surface area contributed by atoms with Crippen LogP contribution in [0.3, 0.4) is 0 Å². The van der Waals surface area contributed by atoms with Crippen LogP contribution in [0, 0.1) is 34.5 Å². The SMILES string of the molecule is CC(C)(C)C#C[C@]1(O)CC[C@H]2[C@@H]3CCC4=CC(=O)CCC4=C3[C@@H](c3ccc(C4(C)COC4)cc3)C[C@@]21C. The van der Waals surface area contributed by atoms with Crippen molar-refractivity contribution in [2.75, 3.05) is 13.2 Å². The quantitative estimate of drug-likeness (QED) is 0.464. The number of ketones is 1. The third kappa shape index (κ3) is 3.98.